The van der Waals surface area contributed by atoms with Gasteiger partial charge in [-0.05, 0) is 37.8 Å². The van der Waals surface area contributed by atoms with Crippen LogP contribution in [0.3, 0.4) is 0 Å². The van der Waals surface area contributed by atoms with Crippen LogP contribution in [-0.2, 0) is 4.79 Å². The SMILES string of the molecule is Cc1ccccc1-n1ncc(C(=O)N2CC(C)CC(C(=O)O)C2)c1C. The van der Waals surface area contributed by atoms with Crippen molar-refractivity contribution in [2.24, 2.45) is 11.8 Å². The molecule has 6 nitrogen and oxygen atoms in total. The summed E-state index contributed by atoms with van der Waals surface area (Å²) >= 11 is 0. The molecule has 2 unspecified atom stereocenters. The Kier molecular flexibility index (Phi) is 4.61. The lowest BCUT2D eigenvalue weighted by Crippen LogP contribution is -2.45. The van der Waals surface area contributed by atoms with E-state index in [9.17, 15) is 14.7 Å². The van der Waals surface area contributed by atoms with Crippen molar-refractivity contribution in [3.05, 3.63) is 47.3 Å². The van der Waals surface area contributed by atoms with Gasteiger partial charge in [-0.25, -0.2) is 4.68 Å². The molecular weight excluding hydrogens is 318 g/mol. The van der Waals surface area contributed by atoms with E-state index in [2.05, 4.69) is 5.10 Å². The molecule has 1 aromatic carbocycles. The molecule has 1 aliphatic heterocycles. The van der Waals surface area contributed by atoms with Crippen LogP contribution in [0.4, 0.5) is 0 Å². The average molecular weight is 341 g/mol. The Bertz CT molecular complexity index is 812. The van der Waals surface area contributed by atoms with Crippen LogP contribution < -0.4 is 0 Å². The molecule has 3 rings (SSSR count). The number of aromatic nitrogens is 2. The van der Waals surface area contributed by atoms with Gasteiger partial charge in [0.1, 0.15) is 0 Å². The number of nitrogens with zero attached hydrogens (tertiary/aromatic N) is 3. The van der Waals surface area contributed by atoms with E-state index in [-0.39, 0.29) is 18.4 Å². The fourth-order valence-electron chi connectivity index (χ4n) is 3.53. The zero-order valence-corrected chi connectivity index (χ0v) is 14.8. The molecule has 132 valence electrons. The van der Waals surface area contributed by atoms with Crippen LogP contribution in [0.1, 0.15) is 35.0 Å². The van der Waals surface area contributed by atoms with Gasteiger partial charge < -0.3 is 10.0 Å². The molecule has 0 bridgehead atoms. The summed E-state index contributed by atoms with van der Waals surface area (Å²) in [6, 6.07) is 7.87. The number of hydrogen-bond donors (Lipinski definition) is 1. The predicted molar refractivity (Wildman–Crippen MR) is 93.8 cm³/mol. The molecule has 2 aromatic rings. The van der Waals surface area contributed by atoms with Crippen LogP contribution in [0.5, 0.6) is 0 Å². The number of aryl methyl sites for hydroxylation is 1. The fourth-order valence-corrected chi connectivity index (χ4v) is 3.53. The lowest BCUT2D eigenvalue weighted by atomic mass is 9.90. The number of carbonyl (C=O) groups excluding carboxylic acids is 1. The van der Waals surface area contributed by atoms with Gasteiger partial charge in [0, 0.05) is 13.1 Å². The van der Waals surface area contributed by atoms with E-state index in [1.54, 1.807) is 15.8 Å². The number of piperidine rings is 1. The second-order valence-electron chi connectivity index (χ2n) is 6.93. The lowest BCUT2D eigenvalue weighted by Gasteiger charge is -2.34. The Morgan fingerprint density at radius 2 is 1.92 bits per heavy atom. The van der Waals surface area contributed by atoms with Gasteiger partial charge in [0.15, 0.2) is 0 Å². The number of benzene rings is 1. The summed E-state index contributed by atoms with van der Waals surface area (Å²) < 4.78 is 1.77. The molecule has 2 heterocycles. The Balaban J connectivity index is 1.89. The van der Waals surface area contributed by atoms with Crippen molar-refractivity contribution in [2.75, 3.05) is 13.1 Å². The van der Waals surface area contributed by atoms with Gasteiger partial charge in [-0.3, -0.25) is 9.59 Å². The van der Waals surface area contributed by atoms with Crippen molar-refractivity contribution in [3.8, 4) is 5.69 Å². The molecule has 0 saturated carbocycles. The van der Waals surface area contributed by atoms with Crippen molar-refractivity contribution < 1.29 is 14.7 Å². The highest BCUT2D eigenvalue weighted by atomic mass is 16.4. The van der Waals surface area contributed by atoms with Crippen molar-refractivity contribution >= 4 is 11.9 Å². The van der Waals surface area contributed by atoms with Crippen molar-refractivity contribution in [1.29, 1.82) is 0 Å². The summed E-state index contributed by atoms with van der Waals surface area (Å²) in [5.41, 5.74) is 3.31. The molecule has 2 atom stereocenters. The number of carboxylic acids is 1. The first-order valence-electron chi connectivity index (χ1n) is 8.51. The monoisotopic (exact) mass is 341 g/mol. The highest BCUT2D eigenvalue weighted by Crippen LogP contribution is 2.25. The molecule has 1 saturated heterocycles. The minimum Gasteiger partial charge on any atom is -0.481 e. The maximum Gasteiger partial charge on any atom is 0.308 e. The first-order valence-corrected chi connectivity index (χ1v) is 8.51. The average Bonchev–Trinajstić information content (AvgIpc) is 2.95. The number of aliphatic carboxylic acids is 1. The van der Waals surface area contributed by atoms with Crippen LogP contribution in [0.15, 0.2) is 30.5 Å². The van der Waals surface area contributed by atoms with Crippen molar-refractivity contribution in [1.82, 2.24) is 14.7 Å². The van der Waals surface area contributed by atoms with Crippen LogP contribution in [-0.4, -0.2) is 44.8 Å². The van der Waals surface area contributed by atoms with E-state index in [1.807, 2.05) is 45.0 Å². The third-order valence-electron chi connectivity index (χ3n) is 4.88. The number of hydrogen-bond acceptors (Lipinski definition) is 3. The van der Waals surface area contributed by atoms with Gasteiger partial charge in [0.25, 0.3) is 5.91 Å². The van der Waals surface area contributed by atoms with Gasteiger partial charge in [-0.15, -0.1) is 0 Å². The fraction of sp³-hybridized carbons (Fsp3) is 0.421. The maximum atomic E-state index is 12.9. The van der Waals surface area contributed by atoms with Gasteiger partial charge in [-0.1, -0.05) is 25.1 Å². The molecule has 6 heteroatoms. The molecule has 1 aliphatic rings. The first-order chi connectivity index (χ1) is 11.9. The standard InChI is InChI=1S/C19H23N3O3/c1-12-8-15(19(24)25)11-21(10-12)18(23)16-9-20-22(14(16)3)17-7-5-4-6-13(17)2/h4-7,9,12,15H,8,10-11H2,1-3H3,(H,24,25). The quantitative estimate of drug-likeness (QED) is 0.931. The molecular formula is C19H23N3O3. The highest BCUT2D eigenvalue weighted by Gasteiger charge is 2.33. The van der Waals surface area contributed by atoms with Gasteiger partial charge in [0.2, 0.25) is 0 Å². The number of para-hydroxylation sites is 1. The highest BCUT2D eigenvalue weighted by molar-refractivity contribution is 5.95. The molecule has 1 fully saturated rings. The molecule has 1 amide bonds. The number of carboxylic acid groups (broad SMARTS) is 1. The molecule has 0 spiro atoms. The van der Waals surface area contributed by atoms with Gasteiger partial charge in [-0.2, -0.15) is 5.10 Å². The van der Waals surface area contributed by atoms with E-state index < -0.39 is 11.9 Å². The Labute approximate surface area is 147 Å². The van der Waals surface area contributed by atoms with Crippen molar-refractivity contribution in [2.45, 2.75) is 27.2 Å². The van der Waals surface area contributed by atoms with Crippen LogP contribution >= 0.6 is 0 Å². The summed E-state index contributed by atoms with van der Waals surface area (Å²) in [4.78, 5) is 25.9. The topological polar surface area (TPSA) is 75.4 Å². The summed E-state index contributed by atoms with van der Waals surface area (Å²) in [6.45, 7) is 6.69. The minimum absolute atomic E-state index is 0.143. The van der Waals surface area contributed by atoms with E-state index in [0.29, 0.717) is 18.5 Å². The third-order valence-corrected chi connectivity index (χ3v) is 4.88. The second kappa shape index (κ2) is 6.70. The zero-order valence-electron chi connectivity index (χ0n) is 14.8. The zero-order chi connectivity index (χ0) is 18.1. The Morgan fingerprint density at radius 1 is 1.20 bits per heavy atom. The van der Waals surface area contributed by atoms with E-state index >= 15 is 0 Å². The van der Waals surface area contributed by atoms with E-state index in [1.165, 1.54) is 0 Å². The van der Waals surface area contributed by atoms with Gasteiger partial charge in [0.05, 0.1) is 29.1 Å². The summed E-state index contributed by atoms with van der Waals surface area (Å²) in [6.07, 6.45) is 2.19. The van der Waals surface area contributed by atoms with Crippen LogP contribution in [0.25, 0.3) is 5.69 Å². The second-order valence-corrected chi connectivity index (χ2v) is 6.93. The summed E-state index contributed by atoms with van der Waals surface area (Å²) in [5.74, 6) is -1.31. The Morgan fingerprint density at radius 3 is 2.60 bits per heavy atom. The van der Waals surface area contributed by atoms with Gasteiger partial charge >= 0.3 is 5.97 Å². The maximum absolute atomic E-state index is 12.9. The molecule has 0 radical (unpaired) electrons. The predicted octanol–water partition coefficient (Wildman–Crippen LogP) is 2.67. The van der Waals surface area contributed by atoms with E-state index in [4.69, 9.17) is 0 Å². The summed E-state index contributed by atoms with van der Waals surface area (Å²) in [5, 5.41) is 13.7. The van der Waals surface area contributed by atoms with E-state index in [0.717, 1.165) is 16.9 Å². The third kappa shape index (κ3) is 3.29. The van der Waals surface area contributed by atoms with Crippen LogP contribution in [0, 0.1) is 25.7 Å². The smallest absolute Gasteiger partial charge is 0.308 e. The number of carbonyl (C=O) groups is 2. The first kappa shape index (κ1) is 17.2. The largest absolute Gasteiger partial charge is 0.481 e. The van der Waals surface area contributed by atoms with Crippen molar-refractivity contribution in [3.63, 3.8) is 0 Å². The number of rotatable bonds is 3. The Hall–Kier alpha value is -2.63. The summed E-state index contributed by atoms with van der Waals surface area (Å²) in [7, 11) is 0. The molecule has 1 N–H and O–H groups in total. The molecule has 25 heavy (non-hydrogen) atoms. The normalized spacial score (nSPS) is 20.5. The minimum atomic E-state index is -0.836. The molecule has 1 aromatic heterocycles. The number of likely N-dealkylation sites (tertiary alicyclic amines) is 1. The molecule has 0 aliphatic carbocycles. The number of amides is 1. The lowest BCUT2D eigenvalue weighted by molar-refractivity contribution is -0.143. The van der Waals surface area contributed by atoms with Crippen LogP contribution in [0.2, 0.25) is 0 Å².